The van der Waals surface area contributed by atoms with Gasteiger partial charge in [-0.15, -0.1) is 0 Å². The molecule has 0 radical (unpaired) electrons. The van der Waals surface area contributed by atoms with E-state index in [-0.39, 0.29) is 0 Å². The highest BCUT2D eigenvalue weighted by Gasteiger charge is 2.05. The predicted molar refractivity (Wildman–Crippen MR) is 62.8 cm³/mol. The van der Waals surface area contributed by atoms with Crippen molar-refractivity contribution in [2.24, 2.45) is 0 Å². The van der Waals surface area contributed by atoms with Crippen molar-refractivity contribution < 1.29 is 0 Å². The summed E-state index contributed by atoms with van der Waals surface area (Å²) in [6.45, 7) is 0. The van der Waals surface area contributed by atoms with Crippen LogP contribution in [0.4, 0.5) is 5.82 Å². The Morgan fingerprint density at radius 3 is 2.92 bits per heavy atom. The zero-order valence-electron chi connectivity index (χ0n) is 5.83. The molecule has 0 amide bonds. The number of hydrogen-bond acceptors (Lipinski definition) is 3. The first-order chi connectivity index (χ1) is 5.68. The number of nitrogens with two attached hydrogens (primary N) is 1. The van der Waals surface area contributed by atoms with E-state index < -0.39 is 0 Å². The number of nitrogens with zero attached hydrogens (tertiary/aromatic N) is 3. The lowest BCUT2D eigenvalue weighted by Gasteiger charge is -1.98. The Kier molecular flexibility index (Phi) is 2.10. The number of halogens is 2. The van der Waals surface area contributed by atoms with Crippen molar-refractivity contribution in [3.05, 3.63) is 19.5 Å². The van der Waals surface area contributed by atoms with Crippen LogP contribution in [0.25, 0.3) is 5.65 Å². The normalized spacial score (nSPS) is 10.8. The Morgan fingerprint density at radius 2 is 2.17 bits per heavy atom. The van der Waals surface area contributed by atoms with Crippen molar-refractivity contribution in [1.29, 1.82) is 0 Å². The summed E-state index contributed by atoms with van der Waals surface area (Å²) in [6.07, 6.45) is 1.75. The summed E-state index contributed by atoms with van der Waals surface area (Å²) in [7, 11) is 0. The maximum absolute atomic E-state index is 5.72. The number of aromatic nitrogens is 3. The fourth-order valence-electron chi connectivity index (χ4n) is 0.928. The second kappa shape index (κ2) is 2.98. The maximum Gasteiger partial charge on any atom is 0.171 e. The molecule has 0 saturated carbocycles. The Hall–Kier alpha value is -0.120. The van der Waals surface area contributed by atoms with Gasteiger partial charge in [0.15, 0.2) is 5.65 Å². The molecule has 0 unspecified atom stereocenters. The average Bonchev–Trinajstić information content (AvgIpc) is 2.33. The fourth-order valence-corrected chi connectivity index (χ4v) is 1.95. The number of nitrogen functional groups attached to an aromatic ring is 1. The third kappa shape index (κ3) is 1.26. The van der Waals surface area contributed by atoms with Crippen molar-refractivity contribution >= 4 is 56.6 Å². The van der Waals surface area contributed by atoms with Crippen molar-refractivity contribution in [3.63, 3.8) is 0 Å². The van der Waals surface area contributed by atoms with Crippen LogP contribution in [0.2, 0.25) is 0 Å². The summed E-state index contributed by atoms with van der Waals surface area (Å²) in [5, 5.41) is 4.08. The molecular weight excluding hydrogens is 382 g/mol. The van der Waals surface area contributed by atoms with Gasteiger partial charge in [0, 0.05) is 6.07 Å². The zero-order valence-corrected chi connectivity index (χ0v) is 10.1. The monoisotopic (exact) mass is 386 g/mol. The summed E-state index contributed by atoms with van der Waals surface area (Å²) in [4.78, 5) is 4.30. The number of rotatable bonds is 0. The molecule has 4 nitrogen and oxygen atoms in total. The van der Waals surface area contributed by atoms with Gasteiger partial charge in [0.2, 0.25) is 0 Å². The molecule has 0 spiro atoms. The van der Waals surface area contributed by atoms with E-state index in [1.807, 2.05) is 0 Å². The van der Waals surface area contributed by atoms with Crippen LogP contribution in [0, 0.1) is 7.27 Å². The molecule has 2 aromatic rings. The van der Waals surface area contributed by atoms with Crippen molar-refractivity contribution in [2.45, 2.75) is 0 Å². The van der Waals surface area contributed by atoms with Gasteiger partial charge in [-0.1, -0.05) is 0 Å². The third-order valence-corrected chi connectivity index (χ3v) is 2.74. The molecular formula is C6H4I2N4. The number of anilines is 1. The quantitative estimate of drug-likeness (QED) is 0.552. The smallest absolute Gasteiger partial charge is 0.171 e. The predicted octanol–water partition coefficient (Wildman–Crippen LogP) is 1.52. The van der Waals surface area contributed by atoms with Gasteiger partial charge < -0.3 is 5.73 Å². The van der Waals surface area contributed by atoms with E-state index in [1.54, 1.807) is 16.8 Å². The van der Waals surface area contributed by atoms with E-state index >= 15 is 0 Å². The first-order valence-electron chi connectivity index (χ1n) is 3.14. The largest absolute Gasteiger partial charge is 0.383 e. The molecule has 0 bridgehead atoms. The van der Waals surface area contributed by atoms with E-state index in [0.717, 1.165) is 12.9 Å². The zero-order chi connectivity index (χ0) is 8.72. The van der Waals surface area contributed by atoms with Crippen LogP contribution >= 0.6 is 45.2 Å². The minimum absolute atomic E-state index is 0.618. The fraction of sp³-hybridized carbons (Fsp3) is 0. The van der Waals surface area contributed by atoms with E-state index in [4.69, 9.17) is 5.73 Å². The highest BCUT2D eigenvalue weighted by atomic mass is 127. The van der Waals surface area contributed by atoms with E-state index in [1.165, 1.54) is 0 Å². The third-order valence-electron chi connectivity index (χ3n) is 1.43. The molecule has 62 valence electrons. The molecule has 0 aliphatic carbocycles. The van der Waals surface area contributed by atoms with Crippen LogP contribution in [-0.4, -0.2) is 14.6 Å². The van der Waals surface area contributed by atoms with Crippen LogP contribution in [-0.2, 0) is 0 Å². The van der Waals surface area contributed by atoms with Gasteiger partial charge >= 0.3 is 0 Å². The first-order valence-corrected chi connectivity index (χ1v) is 5.29. The van der Waals surface area contributed by atoms with Gasteiger partial charge in [-0.3, -0.25) is 0 Å². The molecule has 2 aromatic heterocycles. The SMILES string of the molecule is Nc1cc(I)nc2c(I)cnn12. The molecule has 2 rings (SSSR count). The van der Waals surface area contributed by atoms with Gasteiger partial charge in [0.1, 0.15) is 9.52 Å². The van der Waals surface area contributed by atoms with Crippen molar-refractivity contribution in [1.82, 2.24) is 14.6 Å². The molecule has 12 heavy (non-hydrogen) atoms. The summed E-state index contributed by atoms with van der Waals surface area (Å²) in [5.41, 5.74) is 6.54. The molecule has 2 heterocycles. The van der Waals surface area contributed by atoms with E-state index in [9.17, 15) is 0 Å². The Balaban J connectivity index is 2.92. The molecule has 0 fully saturated rings. The summed E-state index contributed by atoms with van der Waals surface area (Å²) < 4.78 is 3.53. The van der Waals surface area contributed by atoms with Crippen molar-refractivity contribution in [2.75, 3.05) is 5.73 Å². The Labute approximate surface area is 95.8 Å². The van der Waals surface area contributed by atoms with Gasteiger partial charge in [0.25, 0.3) is 0 Å². The molecule has 2 N–H and O–H groups in total. The van der Waals surface area contributed by atoms with Gasteiger partial charge in [0.05, 0.1) is 9.77 Å². The van der Waals surface area contributed by atoms with Crippen LogP contribution in [0.5, 0.6) is 0 Å². The maximum atomic E-state index is 5.72. The van der Waals surface area contributed by atoms with E-state index in [2.05, 4.69) is 55.3 Å². The summed E-state index contributed by atoms with van der Waals surface area (Å²) >= 11 is 4.31. The minimum Gasteiger partial charge on any atom is -0.383 e. The van der Waals surface area contributed by atoms with Crippen LogP contribution in [0.1, 0.15) is 0 Å². The molecule has 6 heteroatoms. The highest BCUT2D eigenvalue weighted by molar-refractivity contribution is 14.1. The second-order valence-electron chi connectivity index (χ2n) is 2.23. The lowest BCUT2D eigenvalue weighted by molar-refractivity contribution is 0.947. The topological polar surface area (TPSA) is 56.2 Å². The van der Waals surface area contributed by atoms with E-state index in [0.29, 0.717) is 5.82 Å². The van der Waals surface area contributed by atoms with Crippen LogP contribution in [0.15, 0.2) is 12.3 Å². The highest BCUT2D eigenvalue weighted by Crippen LogP contribution is 2.15. The molecule has 0 saturated heterocycles. The Bertz CT molecular complexity index is 436. The standard InChI is InChI=1S/C6H4I2N4/c7-3-2-10-12-5(9)1-4(8)11-6(3)12/h1-2H,9H2. The lowest BCUT2D eigenvalue weighted by Crippen LogP contribution is -2.01. The molecule has 0 aliphatic heterocycles. The van der Waals surface area contributed by atoms with Gasteiger partial charge in [-0.25, -0.2) is 4.98 Å². The second-order valence-corrected chi connectivity index (χ2v) is 4.50. The number of hydrogen-bond donors (Lipinski definition) is 1. The summed E-state index contributed by atoms with van der Waals surface area (Å²) in [6, 6.07) is 1.79. The molecule has 0 aliphatic rings. The van der Waals surface area contributed by atoms with Crippen molar-refractivity contribution in [3.8, 4) is 0 Å². The Morgan fingerprint density at radius 1 is 1.42 bits per heavy atom. The first kappa shape index (κ1) is 8.48. The summed E-state index contributed by atoms with van der Waals surface area (Å²) in [5.74, 6) is 0.618. The minimum atomic E-state index is 0.618. The van der Waals surface area contributed by atoms with Crippen LogP contribution < -0.4 is 5.73 Å². The van der Waals surface area contributed by atoms with Gasteiger partial charge in [-0.05, 0) is 45.2 Å². The average molecular weight is 386 g/mol. The van der Waals surface area contributed by atoms with Crippen LogP contribution in [0.3, 0.4) is 0 Å². The molecule has 0 atom stereocenters. The lowest BCUT2D eigenvalue weighted by atomic mass is 10.6. The number of fused-ring (bicyclic) bond motifs is 1. The van der Waals surface area contributed by atoms with Gasteiger partial charge in [-0.2, -0.15) is 9.61 Å². The molecule has 0 aromatic carbocycles.